The van der Waals surface area contributed by atoms with E-state index >= 15 is 0 Å². The third kappa shape index (κ3) is 2.39. The minimum Gasteiger partial charge on any atom is -0.368 e. The number of aryl methyl sites for hydroxylation is 1. The molecule has 2 aromatic rings. The van der Waals surface area contributed by atoms with Gasteiger partial charge in [0.05, 0.1) is 0 Å². The third-order valence-corrected chi connectivity index (χ3v) is 3.21. The number of nitrogens with zero attached hydrogens (tertiary/aromatic N) is 3. The minimum atomic E-state index is 0.264. The Balaban J connectivity index is 2.60. The molecule has 0 spiro atoms. The molecule has 0 aliphatic carbocycles. The molecule has 0 radical (unpaired) electrons. The van der Waals surface area contributed by atoms with Crippen molar-refractivity contribution in [3.8, 4) is 11.4 Å². The van der Waals surface area contributed by atoms with E-state index < -0.39 is 0 Å². The predicted molar refractivity (Wildman–Crippen MR) is 70.9 cm³/mol. The summed E-state index contributed by atoms with van der Waals surface area (Å²) in [5.41, 5.74) is 9.08. The normalized spacial score (nSPS) is 10.5. The average Bonchev–Trinajstić information content (AvgIpc) is 2.31. The fourth-order valence-electron chi connectivity index (χ4n) is 1.58. The summed E-state index contributed by atoms with van der Waals surface area (Å²) in [6.07, 6.45) is 1.92. The standard InChI is InChI=1S/C12H14N4S/c1-7-5-4-6-9(8(7)2)10-14-11(13)16-12(15-10)17-3/h4-6H,1-3H3,(H2,13,14,15,16). The first-order valence-corrected chi connectivity index (χ1v) is 6.46. The lowest BCUT2D eigenvalue weighted by Crippen LogP contribution is -2.02. The first-order chi connectivity index (χ1) is 8.11. The van der Waals surface area contributed by atoms with Crippen LogP contribution >= 0.6 is 11.8 Å². The van der Waals surface area contributed by atoms with Gasteiger partial charge in [0, 0.05) is 5.56 Å². The van der Waals surface area contributed by atoms with Crippen LogP contribution in [0.1, 0.15) is 11.1 Å². The van der Waals surface area contributed by atoms with Crippen LogP contribution in [0.25, 0.3) is 11.4 Å². The lowest BCUT2D eigenvalue weighted by molar-refractivity contribution is 0.926. The lowest BCUT2D eigenvalue weighted by atomic mass is 10.0. The molecule has 1 aromatic carbocycles. The van der Waals surface area contributed by atoms with Crippen LogP contribution in [0, 0.1) is 13.8 Å². The van der Waals surface area contributed by atoms with Crippen molar-refractivity contribution in [3.63, 3.8) is 0 Å². The zero-order valence-electron chi connectivity index (χ0n) is 10.1. The van der Waals surface area contributed by atoms with Crippen molar-refractivity contribution in [2.75, 3.05) is 12.0 Å². The van der Waals surface area contributed by atoms with E-state index in [9.17, 15) is 0 Å². The van der Waals surface area contributed by atoms with Gasteiger partial charge in [0.15, 0.2) is 11.0 Å². The Morgan fingerprint density at radius 1 is 1.12 bits per heavy atom. The van der Waals surface area contributed by atoms with Crippen LogP contribution in [-0.4, -0.2) is 21.2 Å². The number of benzene rings is 1. The Labute approximate surface area is 105 Å². The van der Waals surface area contributed by atoms with E-state index in [2.05, 4.69) is 34.9 Å². The highest BCUT2D eigenvalue weighted by atomic mass is 32.2. The molecular formula is C12H14N4S. The van der Waals surface area contributed by atoms with Crippen molar-refractivity contribution in [3.05, 3.63) is 29.3 Å². The van der Waals surface area contributed by atoms with Gasteiger partial charge in [-0.1, -0.05) is 30.0 Å². The van der Waals surface area contributed by atoms with Gasteiger partial charge in [-0.3, -0.25) is 0 Å². The Morgan fingerprint density at radius 3 is 2.59 bits per heavy atom. The van der Waals surface area contributed by atoms with Crippen molar-refractivity contribution >= 4 is 17.7 Å². The molecular weight excluding hydrogens is 232 g/mol. The lowest BCUT2D eigenvalue weighted by Gasteiger charge is -2.08. The molecule has 0 unspecified atom stereocenters. The summed E-state index contributed by atoms with van der Waals surface area (Å²) in [6, 6.07) is 6.07. The van der Waals surface area contributed by atoms with Gasteiger partial charge >= 0.3 is 0 Å². The van der Waals surface area contributed by atoms with E-state index in [0.29, 0.717) is 11.0 Å². The summed E-state index contributed by atoms with van der Waals surface area (Å²) in [5.74, 6) is 0.906. The maximum absolute atomic E-state index is 5.68. The second kappa shape index (κ2) is 4.71. The maximum atomic E-state index is 5.68. The van der Waals surface area contributed by atoms with E-state index in [1.54, 1.807) is 0 Å². The number of rotatable bonds is 2. The second-order valence-corrected chi connectivity index (χ2v) is 4.52. The van der Waals surface area contributed by atoms with Crippen molar-refractivity contribution in [2.24, 2.45) is 0 Å². The minimum absolute atomic E-state index is 0.264. The second-order valence-electron chi connectivity index (χ2n) is 3.75. The highest BCUT2D eigenvalue weighted by Crippen LogP contribution is 2.24. The van der Waals surface area contributed by atoms with E-state index in [0.717, 1.165) is 5.56 Å². The number of aromatic nitrogens is 3. The van der Waals surface area contributed by atoms with E-state index in [1.165, 1.54) is 22.9 Å². The first-order valence-electron chi connectivity index (χ1n) is 5.24. The first kappa shape index (κ1) is 11.9. The fraction of sp³-hybridized carbons (Fsp3) is 0.250. The highest BCUT2D eigenvalue weighted by Gasteiger charge is 2.09. The molecule has 0 aliphatic rings. The average molecular weight is 246 g/mol. The Hall–Kier alpha value is -1.62. The van der Waals surface area contributed by atoms with E-state index in [1.807, 2.05) is 18.4 Å². The van der Waals surface area contributed by atoms with Gasteiger partial charge in [-0.2, -0.15) is 9.97 Å². The fourth-order valence-corrected chi connectivity index (χ4v) is 1.94. The van der Waals surface area contributed by atoms with Crippen molar-refractivity contribution in [2.45, 2.75) is 19.0 Å². The number of thioether (sulfide) groups is 1. The number of nitrogen functional groups attached to an aromatic ring is 1. The number of anilines is 1. The molecule has 0 atom stereocenters. The molecule has 4 nitrogen and oxygen atoms in total. The quantitative estimate of drug-likeness (QED) is 0.825. The van der Waals surface area contributed by atoms with Gasteiger partial charge in [-0.15, -0.1) is 0 Å². The van der Waals surface area contributed by atoms with Gasteiger partial charge in [0.25, 0.3) is 0 Å². The monoisotopic (exact) mass is 246 g/mol. The Morgan fingerprint density at radius 2 is 1.88 bits per heavy atom. The number of nitrogens with two attached hydrogens (primary N) is 1. The van der Waals surface area contributed by atoms with Crippen LogP contribution in [-0.2, 0) is 0 Å². The van der Waals surface area contributed by atoms with Crippen LogP contribution < -0.4 is 5.73 Å². The molecule has 0 amide bonds. The molecule has 88 valence electrons. The summed E-state index contributed by atoms with van der Waals surface area (Å²) in [6.45, 7) is 4.13. The topological polar surface area (TPSA) is 64.7 Å². The molecule has 1 heterocycles. The molecule has 0 saturated carbocycles. The molecule has 0 saturated heterocycles. The Bertz CT molecular complexity index is 554. The molecule has 5 heteroatoms. The van der Waals surface area contributed by atoms with Gasteiger partial charge < -0.3 is 5.73 Å². The summed E-state index contributed by atoms with van der Waals surface area (Å²) >= 11 is 1.46. The summed E-state index contributed by atoms with van der Waals surface area (Å²) < 4.78 is 0. The summed E-state index contributed by atoms with van der Waals surface area (Å²) in [5, 5.41) is 0.647. The third-order valence-electron chi connectivity index (χ3n) is 2.66. The van der Waals surface area contributed by atoms with Gasteiger partial charge in [-0.25, -0.2) is 4.98 Å². The molecule has 2 N–H and O–H groups in total. The number of hydrogen-bond donors (Lipinski definition) is 1. The largest absolute Gasteiger partial charge is 0.368 e. The molecule has 0 fully saturated rings. The van der Waals surface area contributed by atoms with Crippen LogP contribution in [0.5, 0.6) is 0 Å². The molecule has 2 rings (SSSR count). The van der Waals surface area contributed by atoms with Crippen LogP contribution in [0.2, 0.25) is 0 Å². The van der Waals surface area contributed by atoms with Gasteiger partial charge in [-0.05, 0) is 31.2 Å². The summed E-state index contributed by atoms with van der Waals surface area (Å²) in [7, 11) is 0. The SMILES string of the molecule is CSc1nc(N)nc(-c2cccc(C)c2C)n1. The maximum Gasteiger partial charge on any atom is 0.224 e. The van der Waals surface area contributed by atoms with E-state index in [4.69, 9.17) is 5.73 Å². The predicted octanol–water partition coefficient (Wildman–Crippen LogP) is 2.46. The molecule has 17 heavy (non-hydrogen) atoms. The van der Waals surface area contributed by atoms with Gasteiger partial charge in [0.2, 0.25) is 5.95 Å². The van der Waals surface area contributed by atoms with Crippen molar-refractivity contribution in [1.29, 1.82) is 0 Å². The van der Waals surface area contributed by atoms with Crippen LogP contribution in [0.3, 0.4) is 0 Å². The zero-order valence-corrected chi connectivity index (χ0v) is 10.9. The van der Waals surface area contributed by atoms with Crippen LogP contribution in [0.4, 0.5) is 5.95 Å². The molecule has 0 aliphatic heterocycles. The number of hydrogen-bond acceptors (Lipinski definition) is 5. The molecule has 0 bridgehead atoms. The van der Waals surface area contributed by atoms with Crippen LogP contribution in [0.15, 0.2) is 23.4 Å². The zero-order chi connectivity index (χ0) is 12.4. The van der Waals surface area contributed by atoms with Gasteiger partial charge in [0.1, 0.15) is 0 Å². The smallest absolute Gasteiger partial charge is 0.224 e. The Kier molecular flexibility index (Phi) is 3.28. The van der Waals surface area contributed by atoms with Crippen molar-refractivity contribution in [1.82, 2.24) is 15.0 Å². The summed E-state index contributed by atoms with van der Waals surface area (Å²) in [4.78, 5) is 12.6. The molecule has 1 aromatic heterocycles. The van der Waals surface area contributed by atoms with E-state index in [-0.39, 0.29) is 5.95 Å². The highest BCUT2D eigenvalue weighted by molar-refractivity contribution is 7.98. The van der Waals surface area contributed by atoms with Crippen molar-refractivity contribution < 1.29 is 0 Å².